The molecule has 29 heavy (non-hydrogen) atoms. The van der Waals surface area contributed by atoms with Gasteiger partial charge in [-0.1, -0.05) is 17.7 Å². The fourth-order valence-corrected chi connectivity index (χ4v) is 4.22. The maximum Gasteiger partial charge on any atom is 0.260 e. The number of rotatable bonds is 5. The van der Waals surface area contributed by atoms with Gasteiger partial charge in [0.1, 0.15) is 5.75 Å². The summed E-state index contributed by atoms with van der Waals surface area (Å²) in [7, 11) is 1.95. The maximum atomic E-state index is 12.9. The monoisotopic (exact) mass is 398 g/mol. The van der Waals surface area contributed by atoms with Gasteiger partial charge < -0.3 is 14.4 Å². The summed E-state index contributed by atoms with van der Waals surface area (Å²) in [6.07, 6.45) is 2.09. The van der Waals surface area contributed by atoms with Crippen LogP contribution in [0.5, 0.6) is 5.75 Å². The summed E-state index contributed by atoms with van der Waals surface area (Å²) < 4.78 is 13.5. The van der Waals surface area contributed by atoms with Crippen LogP contribution >= 0.6 is 0 Å². The molecule has 4 rings (SSSR count). The summed E-state index contributed by atoms with van der Waals surface area (Å²) in [5.41, 5.74) is 3.47. The highest BCUT2D eigenvalue weighted by molar-refractivity contribution is 5.78. The molecule has 3 heterocycles. The molecular formula is C22H30N4O3. The third-order valence-corrected chi connectivity index (χ3v) is 5.81. The topological polar surface area (TPSA) is 59.8 Å². The Morgan fingerprint density at radius 1 is 1.17 bits per heavy atom. The van der Waals surface area contributed by atoms with Crippen LogP contribution < -0.4 is 4.74 Å². The molecule has 2 fully saturated rings. The van der Waals surface area contributed by atoms with Crippen molar-refractivity contribution in [2.75, 3.05) is 39.5 Å². The third kappa shape index (κ3) is 4.79. The Bertz CT molecular complexity index is 848. The molecule has 156 valence electrons. The number of carbonyl (C=O) groups is 1. The molecule has 2 atom stereocenters. The summed E-state index contributed by atoms with van der Waals surface area (Å²) in [6, 6.07) is 7.99. The molecule has 0 aliphatic carbocycles. The van der Waals surface area contributed by atoms with E-state index in [1.807, 2.05) is 54.7 Å². The first kappa shape index (κ1) is 19.9. The number of aryl methyl sites for hydroxylation is 3. The maximum absolute atomic E-state index is 12.9. The van der Waals surface area contributed by atoms with Gasteiger partial charge >= 0.3 is 0 Å². The average Bonchev–Trinajstić information content (AvgIpc) is 2.83. The van der Waals surface area contributed by atoms with E-state index in [-0.39, 0.29) is 18.6 Å². The zero-order chi connectivity index (χ0) is 20.4. The molecule has 1 amide bonds. The van der Waals surface area contributed by atoms with E-state index in [1.165, 1.54) is 11.1 Å². The molecule has 2 bridgehead atoms. The first-order valence-corrected chi connectivity index (χ1v) is 10.3. The van der Waals surface area contributed by atoms with Gasteiger partial charge in [0.25, 0.3) is 5.91 Å². The summed E-state index contributed by atoms with van der Waals surface area (Å²) in [6.45, 7) is 8.67. The van der Waals surface area contributed by atoms with E-state index in [1.54, 1.807) is 0 Å². The Kier molecular flexibility index (Phi) is 5.87. The van der Waals surface area contributed by atoms with Crippen molar-refractivity contribution in [2.45, 2.75) is 26.4 Å². The van der Waals surface area contributed by atoms with Crippen LogP contribution in [0.3, 0.4) is 0 Å². The minimum absolute atomic E-state index is 0.0434. The van der Waals surface area contributed by atoms with E-state index in [4.69, 9.17) is 9.47 Å². The molecule has 2 aromatic rings. The molecular weight excluding hydrogens is 368 g/mol. The van der Waals surface area contributed by atoms with Crippen molar-refractivity contribution in [3.8, 4) is 5.75 Å². The van der Waals surface area contributed by atoms with E-state index >= 15 is 0 Å². The summed E-state index contributed by atoms with van der Waals surface area (Å²) in [4.78, 5) is 17.3. The van der Waals surface area contributed by atoms with E-state index in [2.05, 4.69) is 16.2 Å². The number of ether oxygens (including phenoxy) is 2. The van der Waals surface area contributed by atoms with E-state index in [9.17, 15) is 4.79 Å². The standard InChI is InChI=1S/C22H30N4O3/c1-16-4-6-21(7-5-16)29-15-22(27)26-9-18-8-25(20(12-26)14-28-13-18)11-19-10-24(3)23-17(19)2/h4-7,10,18,20H,8-9,11-15H2,1-3H3/t18-,20+/m1/s1. The Morgan fingerprint density at radius 3 is 2.69 bits per heavy atom. The molecule has 2 aliphatic rings. The van der Waals surface area contributed by atoms with Crippen LogP contribution in [-0.2, 0) is 23.1 Å². The summed E-state index contributed by atoms with van der Waals surface area (Å²) in [5, 5.41) is 4.46. The van der Waals surface area contributed by atoms with Gasteiger partial charge in [-0.05, 0) is 26.0 Å². The molecule has 2 aliphatic heterocycles. The van der Waals surface area contributed by atoms with Gasteiger partial charge in [0.2, 0.25) is 0 Å². The minimum Gasteiger partial charge on any atom is -0.484 e. The normalized spacial score (nSPS) is 22.4. The van der Waals surface area contributed by atoms with Crippen molar-refractivity contribution < 1.29 is 14.3 Å². The van der Waals surface area contributed by atoms with E-state index in [0.29, 0.717) is 25.7 Å². The molecule has 0 N–H and O–H groups in total. The molecule has 2 saturated heterocycles. The molecule has 7 nitrogen and oxygen atoms in total. The number of amides is 1. The first-order chi connectivity index (χ1) is 14.0. The predicted molar refractivity (Wildman–Crippen MR) is 110 cm³/mol. The largest absolute Gasteiger partial charge is 0.484 e. The Hall–Kier alpha value is -2.38. The van der Waals surface area contributed by atoms with Crippen LogP contribution in [0.25, 0.3) is 0 Å². The lowest BCUT2D eigenvalue weighted by Gasteiger charge is -2.31. The Balaban J connectivity index is 1.41. The predicted octanol–water partition coefficient (Wildman–Crippen LogP) is 1.78. The first-order valence-electron chi connectivity index (χ1n) is 10.3. The molecule has 7 heteroatoms. The highest BCUT2D eigenvalue weighted by Crippen LogP contribution is 2.23. The lowest BCUT2D eigenvalue weighted by atomic mass is 10.1. The van der Waals surface area contributed by atoms with Crippen molar-refractivity contribution in [3.05, 3.63) is 47.3 Å². The SMILES string of the molecule is Cc1ccc(OCC(=O)N2C[C@@H]3COC[C@H](C2)N(Cc2cn(C)nc2C)C3)cc1. The fraction of sp³-hybridized carbons (Fsp3) is 0.545. The highest BCUT2D eigenvalue weighted by atomic mass is 16.5. The number of aromatic nitrogens is 2. The van der Waals surface area contributed by atoms with Gasteiger partial charge in [-0.25, -0.2) is 0 Å². The van der Waals surface area contributed by atoms with E-state index in [0.717, 1.165) is 31.1 Å². The smallest absolute Gasteiger partial charge is 0.260 e. The van der Waals surface area contributed by atoms with E-state index < -0.39 is 0 Å². The molecule has 0 radical (unpaired) electrons. The molecule has 0 saturated carbocycles. The number of hydrogen-bond donors (Lipinski definition) is 0. The van der Waals surface area contributed by atoms with Gasteiger partial charge in [-0.2, -0.15) is 5.10 Å². The third-order valence-electron chi connectivity index (χ3n) is 5.81. The number of nitrogens with zero attached hydrogens (tertiary/aromatic N) is 4. The lowest BCUT2D eigenvalue weighted by molar-refractivity contribution is -0.135. The highest BCUT2D eigenvalue weighted by Gasteiger charge is 2.35. The van der Waals surface area contributed by atoms with Gasteiger partial charge in [0, 0.05) is 50.9 Å². The van der Waals surface area contributed by atoms with Gasteiger partial charge in [0.15, 0.2) is 6.61 Å². The van der Waals surface area contributed by atoms with Gasteiger partial charge in [-0.3, -0.25) is 14.4 Å². The van der Waals surface area contributed by atoms with Crippen LogP contribution in [-0.4, -0.2) is 71.0 Å². The number of benzene rings is 1. The van der Waals surface area contributed by atoms with Crippen LogP contribution in [0.4, 0.5) is 0 Å². The van der Waals surface area contributed by atoms with Crippen molar-refractivity contribution >= 4 is 5.91 Å². The molecule has 1 aromatic carbocycles. The number of fused-ring (bicyclic) bond motifs is 3. The fourth-order valence-electron chi connectivity index (χ4n) is 4.22. The van der Waals surface area contributed by atoms with Gasteiger partial charge in [0.05, 0.1) is 24.9 Å². The molecule has 0 unspecified atom stereocenters. The quantitative estimate of drug-likeness (QED) is 0.768. The Labute approximate surface area is 172 Å². The van der Waals surface area contributed by atoms with Crippen LogP contribution in [0, 0.1) is 19.8 Å². The number of hydrogen-bond acceptors (Lipinski definition) is 5. The van der Waals surface area contributed by atoms with Crippen molar-refractivity contribution in [1.82, 2.24) is 19.6 Å². The molecule has 0 spiro atoms. The van der Waals surface area contributed by atoms with Crippen LogP contribution in [0.2, 0.25) is 0 Å². The summed E-state index contributed by atoms with van der Waals surface area (Å²) >= 11 is 0. The zero-order valence-corrected chi connectivity index (χ0v) is 17.5. The second-order valence-corrected chi connectivity index (χ2v) is 8.30. The van der Waals surface area contributed by atoms with Crippen molar-refractivity contribution in [1.29, 1.82) is 0 Å². The van der Waals surface area contributed by atoms with Crippen LogP contribution in [0.15, 0.2) is 30.5 Å². The second kappa shape index (κ2) is 8.55. The summed E-state index contributed by atoms with van der Waals surface area (Å²) in [5.74, 6) is 1.08. The number of carbonyl (C=O) groups excluding carboxylic acids is 1. The van der Waals surface area contributed by atoms with Crippen molar-refractivity contribution in [2.24, 2.45) is 13.0 Å². The minimum atomic E-state index is 0.0434. The zero-order valence-electron chi connectivity index (χ0n) is 17.5. The van der Waals surface area contributed by atoms with Gasteiger partial charge in [-0.15, -0.1) is 0 Å². The average molecular weight is 399 g/mol. The van der Waals surface area contributed by atoms with Crippen molar-refractivity contribution in [3.63, 3.8) is 0 Å². The second-order valence-electron chi connectivity index (χ2n) is 8.30. The van der Waals surface area contributed by atoms with Crippen LogP contribution in [0.1, 0.15) is 16.8 Å². The molecule has 1 aromatic heterocycles. The Morgan fingerprint density at radius 2 is 1.97 bits per heavy atom. The lowest BCUT2D eigenvalue weighted by Crippen LogP contribution is -2.46.